The van der Waals surface area contributed by atoms with Gasteiger partial charge in [-0.1, -0.05) is 13.0 Å². The van der Waals surface area contributed by atoms with Crippen molar-refractivity contribution in [3.8, 4) is 16.9 Å². The van der Waals surface area contributed by atoms with Crippen LogP contribution >= 0.6 is 0 Å². The molecule has 11 heteroatoms. The molecule has 0 radical (unpaired) electrons. The Bertz CT molecular complexity index is 1250. The fourth-order valence-corrected chi connectivity index (χ4v) is 3.55. The summed E-state index contributed by atoms with van der Waals surface area (Å²) in [5, 5.41) is 6.38. The second-order valence-corrected chi connectivity index (χ2v) is 7.93. The molecule has 0 saturated carbocycles. The number of rotatable bonds is 7. The smallest absolute Gasteiger partial charge is 0.346 e. The molecule has 4 aromatic heterocycles. The van der Waals surface area contributed by atoms with E-state index < -0.39 is 18.1 Å². The number of alkyl halides is 3. The van der Waals surface area contributed by atoms with E-state index in [1.165, 1.54) is 0 Å². The summed E-state index contributed by atoms with van der Waals surface area (Å²) in [6, 6.07) is 5.08. The van der Waals surface area contributed by atoms with Crippen molar-refractivity contribution < 1.29 is 18.0 Å². The lowest BCUT2D eigenvalue weighted by Crippen LogP contribution is -2.41. The van der Waals surface area contributed by atoms with E-state index in [1.807, 2.05) is 36.6 Å². The Morgan fingerprint density at radius 1 is 1.12 bits per heavy atom. The van der Waals surface area contributed by atoms with Gasteiger partial charge in [0.1, 0.15) is 0 Å². The molecule has 4 heterocycles. The number of halogens is 3. The third-order valence-corrected chi connectivity index (χ3v) is 5.46. The number of nitrogens with zero attached hydrogens (tertiary/aromatic N) is 5. The molecule has 0 spiro atoms. The number of aromatic amines is 1. The first-order valence-electron chi connectivity index (χ1n) is 10.4. The van der Waals surface area contributed by atoms with Crippen molar-refractivity contribution in [2.45, 2.75) is 44.8 Å². The quantitative estimate of drug-likeness (QED) is 0.434. The molecule has 0 aliphatic carbocycles. The molecule has 4 rings (SSSR count). The standard InChI is InChI=1S/C22H22F3N7O/c1-13(3-4-14(2)31-21(33)22(23,24)25)15-5-6-18(27-9-15)32-11-16(10-30-32)17-7-8-26-20-19(17)28-12-29-20/h5-14H,3-4H2,1-2H3,(H,31,33)(H,26,28,29). The van der Waals surface area contributed by atoms with Crippen LogP contribution in [-0.4, -0.2) is 47.8 Å². The molecular formula is C22H22F3N7O. The van der Waals surface area contributed by atoms with Gasteiger partial charge in [-0.25, -0.2) is 19.6 Å². The summed E-state index contributed by atoms with van der Waals surface area (Å²) in [5.74, 6) is -1.21. The summed E-state index contributed by atoms with van der Waals surface area (Å²) in [5.41, 5.74) is 4.23. The normalized spacial score (nSPS) is 13.7. The maximum Gasteiger partial charge on any atom is 0.471 e. The van der Waals surface area contributed by atoms with E-state index in [-0.39, 0.29) is 5.92 Å². The van der Waals surface area contributed by atoms with Gasteiger partial charge in [0, 0.05) is 35.8 Å². The van der Waals surface area contributed by atoms with Gasteiger partial charge in [-0.15, -0.1) is 0 Å². The summed E-state index contributed by atoms with van der Waals surface area (Å²) in [6.45, 7) is 3.53. The lowest BCUT2D eigenvalue weighted by Gasteiger charge is -2.18. The van der Waals surface area contributed by atoms with E-state index in [2.05, 4.69) is 25.0 Å². The van der Waals surface area contributed by atoms with Crippen LogP contribution in [0, 0.1) is 0 Å². The number of H-pyrrole nitrogens is 1. The minimum Gasteiger partial charge on any atom is -0.346 e. The van der Waals surface area contributed by atoms with Crippen LogP contribution in [-0.2, 0) is 4.79 Å². The maximum absolute atomic E-state index is 12.4. The zero-order valence-electron chi connectivity index (χ0n) is 18.0. The summed E-state index contributed by atoms with van der Waals surface area (Å²) < 4.78 is 38.8. The van der Waals surface area contributed by atoms with Gasteiger partial charge in [-0.3, -0.25) is 4.79 Å². The van der Waals surface area contributed by atoms with E-state index >= 15 is 0 Å². The number of hydrogen-bond donors (Lipinski definition) is 2. The second kappa shape index (κ2) is 9.00. The summed E-state index contributed by atoms with van der Waals surface area (Å²) in [4.78, 5) is 27.0. The highest BCUT2D eigenvalue weighted by Gasteiger charge is 2.39. The molecule has 0 aliphatic heterocycles. The minimum atomic E-state index is -4.87. The number of aromatic nitrogens is 6. The Morgan fingerprint density at radius 3 is 2.67 bits per heavy atom. The number of pyridine rings is 2. The molecule has 2 unspecified atom stereocenters. The Kier molecular flexibility index (Phi) is 6.12. The SMILES string of the molecule is CC(CCC(C)c1ccc(-n2cc(-c3ccnc4nc[nH]c34)cn2)nc1)NC(=O)C(F)(F)F. The maximum atomic E-state index is 12.4. The van der Waals surface area contributed by atoms with Crippen LogP contribution in [0.4, 0.5) is 13.2 Å². The van der Waals surface area contributed by atoms with Gasteiger partial charge in [0.05, 0.1) is 18.0 Å². The number of amides is 1. The zero-order valence-corrected chi connectivity index (χ0v) is 18.0. The molecule has 33 heavy (non-hydrogen) atoms. The van der Waals surface area contributed by atoms with Crippen LogP contribution in [0.15, 0.2) is 49.3 Å². The molecule has 2 atom stereocenters. The van der Waals surface area contributed by atoms with Crippen molar-refractivity contribution >= 4 is 17.1 Å². The highest BCUT2D eigenvalue weighted by molar-refractivity contribution is 5.88. The van der Waals surface area contributed by atoms with E-state index in [0.717, 1.165) is 22.2 Å². The third kappa shape index (κ3) is 5.02. The summed E-state index contributed by atoms with van der Waals surface area (Å²) >= 11 is 0. The Hall–Kier alpha value is -3.76. The zero-order chi connectivity index (χ0) is 23.6. The monoisotopic (exact) mass is 457 g/mol. The predicted molar refractivity (Wildman–Crippen MR) is 116 cm³/mol. The summed E-state index contributed by atoms with van der Waals surface area (Å²) in [7, 11) is 0. The number of nitrogens with one attached hydrogen (secondary N) is 2. The van der Waals surface area contributed by atoms with Gasteiger partial charge in [0.15, 0.2) is 11.5 Å². The van der Waals surface area contributed by atoms with Crippen molar-refractivity contribution in [2.24, 2.45) is 0 Å². The van der Waals surface area contributed by atoms with Crippen LogP contribution in [0.25, 0.3) is 28.1 Å². The van der Waals surface area contributed by atoms with Crippen molar-refractivity contribution in [3.63, 3.8) is 0 Å². The molecule has 1 amide bonds. The summed E-state index contributed by atoms with van der Waals surface area (Å²) in [6.07, 6.45) is 4.79. The van der Waals surface area contributed by atoms with Crippen LogP contribution in [0.3, 0.4) is 0 Å². The highest BCUT2D eigenvalue weighted by atomic mass is 19.4. The van der Waals surface area contributed by atoms with E-state index in [0.29, 0.717) is 24.3 Å². The van der Waals surface area contributed by atoms with Gasteiger partial charge in [0.25, 0.3) is 0 Å². The Morgan fingerprint density at radius 2 is 1.94 bits per heavy atom. The second-order valence-electron chi connectivity index (χ2n) is 7.93. The first-order chi connectivity index (χ1) is 15.7. The molecule has 8 nitrogen and oxygen atoms in total. The van der Waals surface area contributed by atoms with Crippen LogP contribution in [0.5, 0.6) is 0 Å². The molecule has 0 saturated heterocycles. The van der Waals surface area contributed by atoms with Crippen molar-refractivity contribution in [1.29, 1.82) is 0 Å². The van der Waals surface area contributed by atoms with Crippen molar-refractivity contribution in [2.75, 3.05) is 0 Å². The Balaban J connectivity index is 1.39. The van der Waals surface area contributed by atoms with Crippen molar-refractivity contribution in [1.82, 2.24) is 35.0 Å². The van der Waals surface area contributed by atoms with Gasteiger partial charge in [0.2, 0.25) is 0 Å². The lowest BCUT2D eigenvalue weighted by molar-refractivity contribution is -0.174. The fraction of sp³-hybridized carbons (Fsp3) is 0.318. The van der Waals surface area contributed by atoms with Gasteiger partial charge >= 0.3 is 12.1 Å². The predicted octanol–water partition coefficient (Wildman–Crippen LogP) is 4.16. The first-order valence-corrected chi connectivity index (χ1v) is 10.4. The van der Waals surface area contributed by atoms with Gasteiger partial charge in [-0.05, 0) is 43.4 Å². The molecule has 0 bridgehead atoms. The largest absolute Gasteiger partial charge is 0.471 e. The number of imidazole rings is 1. The van der Waals surface area contributed by atoms with Crippen molar-refractivity contribution in [3.05, 3.63) is 54.9 Å². The lowest BCUT2D eigenvalue weighted by atomic mass is 9.96. The average Bonchev–Trinajstić information content (AvgIpc) is 3.46. The fourth-order valence-electron chi connectivity index (χ4n) is 3.55. The third-order valence-electron chi connectivity index (χ3n) is 5.46. The molecule has 0 fully saturated rings. The van der Waals surface area contributed by atoms with Crippen LogP contribution in [0.2, 0.25) is 0 Å². The molecule has 172 valence electrons. The van der Waals surface area contributed by atoms with Crippen LogP contribution in [0.1, 0.15) is 38.2 Å². The van der Waals surface area contributed by atoms with E-state index in [4.69, 9.17) is 0 Å². The number of carbonyl (C=O) groups excluding carboxylic acids is 1. The number of fused-ring (bicyclic) bond motifs is 1. The average molecular weight is 457 g/mol. The van der Waals surface area contributed by atoms with Gasteiger partial charge in [-0.2, -0.15) is 18.3 Å². The highest BCUT2D eigenvalue weighted by Crippen LogP contribution is 2.26. The topological polar surface area (TPSA) is 101 Å². The number of carbonyl (C=O) groups is 1. The molecule has 2 N–H and O–H groups in total. The Labute approximate surface area is 187 Å². The van der Waals surface area contributed by atoms with Crippen LogP contribution < -0.4 is 5.32 Å². The molecule has 0 aliphatic rings. The molecule has 4 aromatic rings. The first kappa shape index (κ1) is 22.4. The molecular weight excluding hydrogens is 435 g/mol. The van der Waals surface area contributed by atoms with E-state index in [1.54, 1.807) is 36.5 Å². The van der Waals surface area contributed by atoms with Gasteiger partial charge < -0.3 is 10.3 Å². The molecule has 0 aromatic carbocycles. The van der Waals surface area contributed by atoms with E-state index in [9.17, 15) is 18.0 Å². The number of hydrogen-bond acceptors (Lipinski definition) is 5. The minimum absolute atomic E-state index is 0.0652.